The van der Waals surface area contributed by atoms with Crippen LogP contribution in [-0.4, -0.2) is 0 Å². The fraction of sp³-hybridized carbons (Fsp3) is 0.0909. The smallest absolute Gasteiger partial charge is 0.0575 e. The Kier molecular flexibility index (Phi) is 3.46. The van der Waals surface area contributed by atoms with Crippen molar-refractivity contribution in [3.05, 3.63) is 55.6 Å². The Labute approximate surface area is 106 Å². The Hall–Kier alpha value is -0.350. The molecule has 1 aromatic carbocycles. The van der Waals surface area contributed by atoms with Gasteiger partial charge in [-0.05, 0) is 46.2 Å². The molecule has 0 amide bonds. The average Bonchev–Trinajstić information content (AvgIpc) is 2.74. The second kappa shape index (κ2) is 4.66. The number of thiophene rings is 1. The van der Waals surface area contributed by atoms with E-state index in [4.69, 9.17) is 17.3 Å². The topological polar surface area (TPSA) is 26.0 Å². The Morgan fingerprint density at radius 1 is 1.33 bits per heavy atom. The first-order chi connectivity index (χ1) is 7.18. The molecule has 0 unspecified atom stereocenters. The Bertz CT molecular complexity index is 456. The van der Waals surface area contributed by atoms with E-state index in [1.54, 1.807) is 11.3 Å². The average molecular weight is 303 g/mol. The summed E-state index contributed by atoms with van der Waals surface area (Å²) in [5, 5.41) is 4.76. The van der Waals surface area contributed by atoms with Crippen LogP contribution >= 0.6 is 38.9 Å². The first-order valence-electron chi connectivity index (χ1n) is 4.41. The minimum absolute atomic E-state index is 0.152. The van der Waals surface area contributed by atoms with Crippen molar-refractivity contribution in [1.82, 2.24) is 0 Å². The highest BCUT2D eigenvalue weighted by molar-refractivity contribution is 9.10. The molecule has 0 fully saturated rings. The molecule has 0 spiro atoms. The zero-order valence-electron chi connectivity index (χ0n) is 7.78. The highest BCUT2D eigenvalue weighted by atomic mass is 79.9. The summed E-state index contributed by atoms with van der Waals surface area (Å²) < 4.78 is 0.993. The zero-order chi connectivity index (χ0) is 10.8. The van der Waals surface area contributed by atoms with Gasteiger partial charge in [-0.3, -0.25) is 0 Å². The van der Waals surface area contributed by atoms with Gasteiger partial charge >= 0.3 is 0 Å². The maximum absolute atomic E-state index is 6.13. The summed E-state index contributed by atoms with van der Waals surface area (Å²) in [4.78, 5) is 0. The molecule has 78 valence electrons. The molecule has 2 N–H and O–H groups in total. The largest absolute Gasteiger partial charge is 0.320 e. The lowest BCUT2D eigenvalue weighted by molar-refractivity contribution is 0.876. The molecule has 2 aromatic rings. The van der Waals surface area contributed by atoms with Crippen LogP contribution in [0.15, 0.2) is 39.5 Å². The van der Waals surface area contributed by atoms with Gasteiger partial charge in [-0.25, -0.2) is 0 Å². The number of rotatable bonds is 2. The summed E-state index contributed by atoms with van der Waals surface area (Å²) in [6, 6.07) is 7.60. The molecule has 0 radical (unpaired) electrons. The number of benzene rings is 1. The van der Waals surface area contributed by atoms with Crippen LogP contribution in [0.3, 0.4) is 0 Å². The van der Waals surface area contributed by atoms with E-state index in [9.17, 15) is 0 Å². The molecule has 0 saturated carbocycles. The summed E-state index contributed by atoms with van der Waals surface area (Å²) in [7, 11) is 0. The Balaban J connectivity index is 2.41. The van der Waals surface area contributed by atoms with Gasteiger partial charge in [0.05, 0.1) is 6.04 Å². The highest BCUT2D eigenvalue weighted by Crippen LogP contribution is 2.29. The second-order valence-electron chi connectivity index (χ2n) is 3.20. The highest BCUT2D eigenvalue weighted by Gasteiger charge is 2.12. The summed E-state index contributed by atoms with van der Waals surface area (Å²) in [5.41, 5.74) is 8.18. The molecule has 1 atom stereocenters. The van der Waals surface area contributed by atoms with Crippen LogP contribution < -0.4 is 5.73 Å². The zero-order valence-corrected chi connectivity index (χ0v) is 10.9. The summed E-state index contributed by atoms with van der Waals surface area (Å²) in [6.07, 6.45) is 0. The maximum atomic E-state index is 6.13. The van der Waals surface area contributed by atoms with Gasteiger partial charge in [0.2, 0.25) is 0 Å². The molecule has 0 aliphatic carbocycles. The molecule has 2 rings (SSSR count). The normalized spacial score (nSPS) is 12.7. The standard InChI is InChI=1S/C11H9BrClNS/c12-8-1-2-10(13)9(5-8)11(14)7-3-4-15-6-7/h1-6,11H,14H2/t11-/m0/s1. The molecule has 0 bridgehead atoms. The van der Waals surface area contributed by atoms with Crippen LogP contribution in [-0.2, 0) is 0 Å². The molecule has 1 heterocycles. The predicted molar refractivity (Wildman–Crippen MR) is 69.5 cm³/mol. The van der Waals surface area contributed by atoms with Gasteiger partial charge in [0.1, 0.15) is 0 Å². The summed E-state index contributed by atoms with van der Waals surface area (Å²) in [5.74, 6) is 0. The molecule has 1 nitrogen and oxygen atoms in total. The van der Waals surface area contributed by atoms with Gasteiger partial charge in [0.15, 0.2) is 0 Å². The second-order valence-corrected chi connectivity index (χ2v) is 5.30. The van der Waals surface area contributed by atoms with E-state index >= 15 is 0 Å². The van der Waals surface area contributed by atoms with E-state index in [1.807, 2.05) is 35.0 Å². The quantitative estimate of drug-likeness (QED) is 0.883. The van der Waals surface area contributed by atoms with Crippen molar-refractivity contribution in [1.29, 1.82) is 0 Å². The van der Waals surface area contributed by atoms with Gasteiger partial charge in [-0.15, -0.1) is 0 Å². The van der Waals surface area contributed by atoms with E-state index in [1.165, 1.54) is 0 Å². The van der Waals surface area contributed by atoms with E-state index in [-0.39, 0.29) is 6.04 Å². The van der Waals surface area contributed by atoms with Crippen molar-refractivity contribution in [3.8, 4) is 0 Å². The molecule has 15 heavy (non-hydrogen) atoms. The van der Waals surface area contributed by atoms with Gasteiger partial charge < -0.3 is 5.73 Å². The van der Waals surface area contributed by atoms with Crippen LogP contribution in [0, 0.1) is 0 Å². The van der Waals surface area contributed by atoms with Gasteiger partial charge in [-0.2, -0.15) is 11.3 Å². The van der Waals surface area contributed by atoms with Crippen molar-refractivity contribution >= 4 is 38.9 Å². The van der Waals surface area contributed by atoms with Gasteiger partial charge in [0.25, 0.3) is 0 Å². The van der Waals surface area contributed by atoms with Crippen LogP contribution in [0.4, 0.5) is 0 Å². The summed E-state index contributed by atoms with van der Waals surface area (Å²) >= 11 is 11.2. The van der Waals surface area contributed by atoms with E-state index in [2.05, 4.69) is 15.9 Å². The maximum Gasteiger partial charge on any atom is 0.0575 e. The number of hydrogen-bond donors (Lipinski definition) is 1. The lowest BCUT2D eigenvalue weighted by atomic mass is 10.0. The third kappa shape index (κ3) is 2.42. The van der Waals surface area contributed by atoms with Gasteiger partial charge in [0, 0.05) is 9.50 Å². The van der Waals surface area contributed by atoms with E-state index in [0.29, 0.717) is 5.02 Å². The monoisotopic (exact) mass is 301 g/mol. The summed E-state index contributed by atoms with van der Waals surface area (Å²) in [6.45, 7) is 0. The Morgan fingerprint density at radius 3 is 2.80 bits per heavy atom. The first-order valence-corrected chi connectivity index (χ1v) is 6.52. The minimum Gasteiger partial charge on any atom is -0.320 e. The van der Waals surface area contributed by atoms with Crippen LogP contribution in [0.2, 0.25) is 5.02 Å². The molecule has 0 aliphatic rings. The van der Waals surface area contributed by atoms with Crippen LogP contribution in [0.1, 0.15) is 17.2 Å². The van der Waals surface area contributed by atoms with Crippen molar-refractivity contribution in [3.63, 3.8) is 0 Å². The molecule has 4 heteroatoms. The number of halogens is 2. The van der Waals surface area contributed by atoms with Crippen molar-refractivity contribution in [2.24, 2.45) is 5.73 Å². The SMILES string of the molecule is N[C@@H](c1ccsc1)c1cc(Br)ccc1Cl. The molecular formula is C11H9BrClNS. The third-order valence-electron chi connectivity index (χ3n) is 2.20. The van der Waals surface area contributed by atoms with Crippen molar-refractivity contribution in [2.45, 2.75) is 6.04 Å². The fourth-order valence-corrected chi connectivity index (χ4v) is 2.69. The first kappa shape index (κ1) is 11.1. The lowest BCUT2D eigenvalue weighted by Crippen LogP contribution is -2.11. The van der Waals surface area contributed by atoms with Crippen LogP contribution in [0.25, 0.3) is 0 Å². The fourth-order valence-electron chi connectivity index (χ4n) is 1.38. The van der Waals surface area contributed by atoms with Crippen LogP contribution in [0.5, 0.6) is 0 Å². The van der Waals surface area contributed by atoms with Crippen molar-refractivity contribution < 1.29 is 0 Å². The number of nitrogens with two attached hydrogens (primary N) is 1. The van der Waals surface area contributed by atoms with E-state index in [0.717, 1.165) is 15.6 Å². The molecule has 1 aromatic heterocycles. The van der Waals surface area contributed by atoms with E-state index < -0.39 is 0 Å². The van der Waals surface area contributed by atoms with Crippen molar-refractivity contribution in [2.75, 3.05) is 0 Å². The number of hydrogen-bond acceptors (Lipinski definition) is 2. The minimum atomic E-state index is -0.152. The molecule has 0 saturated heterocycles. The predicted octanol–water partition coefficient (Wildman–Crippen LogP) is 4.21. The molecule has 0 aliphatic heterocycles. The molecular weight excluding hydrogens is 294 g/mol. The Morgan fingerprint density at radius 2 is 2.13 bits per heavy atom. The lowest BCUT2D eigenvalue weighted by Gasteiger charge is -2.12. The van der Waals surface area contributed by atoms with Gasteiger partial charge in [-0.1, -0.05) is 27.5 Å². The third-order valence-corrected chi connectivity index (χ3v) is 3.73.